The van der Waals surface area contributed by atoms with E-state index in [0.717, 1.165) is 0 Å². The predicted octanol–water partition coefficient (Wildman–Crippen LogP) is 1.81. The van der Waals surface area contributed by atoms with Gasteiger partial charge in [0.15, 0.2) is 0 Å². The van der Waals surface area contributed by atoms with Gasteiger partial charge in [-0.3, -0.25) is 0 Å². The van der Waals surface area contributed by atoms with Crippen LogP contribution in [0.5, 0.6) is 0 Å². The van der Waals surface area contributed by atoms with E-state index in [9.17, 15) is 8.42 Å². The molecule has 1 atom stereocenters. The zero-order valence-corrected chi connectivity index (χ0v) is 12.2. The number of halogens is 1. The minimum atomic E-state index is -3.58. The highest BCUT2D eigenvalue weighted by Crippen LogP contribution is 2.20. The van der Waals surface area contributed by atoms with Crippen LogP contribution in [0.25, 0.3) is 0 Å². The van der Waals surface area contributed by atoms with Gasteiger partial charge in [-0.15, -0.1) is 0 Å². The number of rotatable bonds is 5. The molecule has 0 saturated carbocycles. The van der Waals surface area contributed by atoms with Crippen molar-refractivity contribution < 1.29 is 13.5 Å². The summed E-state index contributed by atoms with van der Waals surface area (Å²) in [6.07, 6.45) is 0.544. The van der Waals surface area contributed by atoms with Gasteiger partial charge in [-0.25, -0.2) is 13.1 Å². The highest BCUT2D eigenvalue weighted by molar-refractivity contribution is 9.10. The van der Waals surface area contributed by atoms with Crippen molar-refractivity contribution in [2.75, 3.05) is 6.61 Å². The lowest BCUT2D eigenvalue weighted by atomic mass is 10.2. The Hall–Kier alpha value is -0.430. The Bertz CT molecular complexity index is 483. The first-order valence-electron chi connectivity index (χ1n) is 5.30. The lowest BCUT2D eigenvalue weighted by Crippen LogP contribution is -2.37. The second-order valence-electron chi connectivity index (χ2n) is 3.82. The number of hydrogen-bond donors (Lipinski definition) is 2. The molecule has 6 heteroatoms. The Morgan fingerprint density at radius 3 is 2.65 bits per heavy atom. The molecule has 0 fully saturated rings. The number of nitrogens with one attached hydrogen (secondary N) is 1. The first kappa shape index (κ1) is 14.6. The van der Waals surface area contributed by atoms with E-state index in [1.165, 1.54) is 0 Å². The highest BCUT2D eigenvalue weighted by Gasteiger charge is 2.20. The Morgan fingerprint density at radius 1 is 1.47 bits per heavy atom. The SMILES string of the molecule is CCC(CO)NS(=O)(=O)c1cc(Br)ccc1C. The monoisotopic (exact) mass is 321 g/mol. The fraction of sp³-hybridized carbons (Fsp3) is 0.455. The molecule has 0 heterocycles. The Kier molecular flexibility index (Phi) is 5.12. The average molecular weight is 322 g/mol. The molecule has 1 aromatic rings. The molecular formula is C11H16BrNO3S. The number of aliphatic hydroxyl groups excluding tert-OH is 1. The minimum Gasteiger partial charge on any atom is -0.395 e. The summed E-state index contributed by atoms with van der Waals surface area (Å²) >= 11 is 3.25. The molecule has 0 bridgehead atoms. The van der Waals surface area contributed by atoms with Gasteiger partial charge in [0.25, 0.3) is 0 Å². The van der Waals surface area contributed by atoms with E-state index in [-0.39, 0.29) is 11.5 Å². The van der Waals surface area contributed by atoms with Gasteiger partial charge in [0.05, 0.1) is 11.5 Å². The molecule has 0 saturated heterocycles. The fourth-order valence-electron chi connectivity index (χ4n) is 1.40. The van der Waals surface area contributed by atoms with Gasteiger partial charge in [0.1, 0.15) is 0 Å². The summed E-state index contributed by atoms with van der Waals surface area (Å²) in [7, 11) is -3.58. The van der Waals surface area contributed by atoms with Crippen LogP contribution in [0, 0.1) is 6.92 Å². The van der Waals surface area contributed by atoms with Crippen molar-refractivity contribution >= 4 is 26.0 Å². The normalized spacial score (nSPS) is 13.6. The summed E-state index contributed by atoms with van der Waals surface area (Å²) in [4.78, 5) is 0.235. The van der Waals surface area contributed by atoms with Crippen molar-refractivity contribution in [2.24, 2.45) is 0 Å². The van der Waals surface area contributed by atoms with Gasteiger partial charge >= 0.3 is 0 Å². The van der Waals surface area contributed by atoms with Crippen LogP contribution in [0.4, 0.5) is 0 Å². The van der Waals surface area contributed by atoms with Crippen LogP contribution < -0.4 is 4.72 Å². The summed E-state index contributed by atoms with van der Waals surface area (Å²) in [6, 6.07) is 4.64. The van der Waals surface area contributed by atoms with Crippen LogP contribution in [0.1, 0.15) is 18.9 Å². The third-order valence-corrected chi connectivity index (χ3v) is 4.63. The summed E-state index contributed by atoms with van der Waals surface area (Å²) in [5, 5.41) is 9.02. The molecule has 0 spiro atoms. The second kappa shape index (κ2) is 5.95. The predicted molar refractivity (Wildman–Crippen MR) is 70.4 cm³/mol. The minimum absolute atomic E-state index is 0.206. The summed E-state index contributed by atoms with van der Waals surface area (Å²) in [6.45, 7) is 3.35. The molecular weight excluding hydrogens is 306 g/mol. The lowest BCUT2D eigenvalue weighted by Gasteiger charge is -2.15. The van der Waals surface area contributed by atoms with Crippen LogP contribution >= 0.6 is 15.9 Å². The molecule has 0 radical (unpaired) electrons. The molecule has 1 rings (SSSR count). The second-order valence-corrected chi connectivity index (χ2v) is 6.42. The molecule has 0 aliphatic rings. The first-order chi connectivity index (χ1) is 7.90. The zero-order chi connectivity index (χ0) is 13.1. The van der Waals surface area contributed by atoms with Gasteiger partial charge < -0.3 is 5.11 Å². The van der Waals surface area contributed by atoms with E-state index in [1.54, 1.807) is 25.1 Å². The van der Waals surface area contributed by atoms with Gasteiger partial charge in [0, 0.05) is 10.5 Å². The van der Waals surface area contributed by atoms with Crippen molar-refractivity contribution in [2.45, 2.75) is 31.2 Å². The van der Waals surface area contributed by atoms with Gasteiger partial charge in [-0.1, -0.05) is 28.9 Å². The van der Waals surface area contributed by atoms with E-state index in [2.05, 4.69) is 20.7 Å². The zero-order valence-electron chi connectivity index (χ0n) is 9.77. The standard InChI is InChI=1S/C11H16BrNO3S/c1-3-10(7-14)13-17(15,16)11-6-9(12)5-4-8(11)2/h4-6,10,13-14H,3,7H2,1-2H3. The molecule has 0 aliphatic carbocycles. The number of hydrogen-bond acceptors (Lipinski definition) is 3. The molecule has 1 aromatic carbocycles. The van der Waals surface area contributed by atoms with E-state index < -0.39 is 16.1 Å². The maximum atomic E-state index is 12.1. The van der Waals surface area contributed by atoms with Crippen LogP contribution in [0.15, 0.2) is 27.6 Å². The molecule has 0 aromatic heterocycles. The highest BCUT2D eigenvalue weighted by atomic mass is 79.9. The third kappa shape index (κ3) is 3.77. The van der Waals surface area contributed by atoms with Gasteiger partial charge in [0.2, 0.25) is 10.0 Å². The Morgan fingerprint density at radius 2 is 2.12 bits per heavy atom. The number of aryl methyl sites for hydroxylation is 1. The molecule has 0 aliphatic heterocycles. The molecule has 1 unspecified atom stereocenters. The van der Waals surface area contributed by atoms with Crippen LogP contribution in [0.2, 0.25) is 0 Å². The Labute approximate surface area is 110 Å². The largest absolute Gasteiger partial charge is 0.395 e. The maximum Gasteiger partial charge on any atom is 0.241 e. The van der Waals surface area contributed by atoms with Crippen molar-refractivity contribution in [1.82, 2.24) is 4.72 Å². The van der Waals surface area contributed by atoms with E-state index in [1.807, 2.05) is 6.92 Å². The molecule has 17 heavy (non-hydrogen) atoms. The molecule has 0 amide bonds. The summed E-state index contributed by atoms with van der Waals surface area (Å²) < 4.78 is 27.4. The summed E-state index contributed by atoms with van der Waals surface area (Å²) in [5.41, 5.74) is 0.675. The quantitative estimate of drug-likeness (QED) is 0.869. The maximum absolute atomic E-state index is 12.1. The number of benzene rings is 1. The topological polar surface area (TPSA) is 66.4 Å². The van der Waals surface area contributed by atoms with Crippen molar-refractivity contribution in [3.05, 3.63) is 28.2 Å². The molecule has 96 valence electrons. The van der Waals surface area contributed by atoms with E-state index in [4.69, 9.17) is 5.11 Å². The first-order valence-corrected chi connectivity index (χ1v) is 7.57. The van der Waals surface area contributed by atoms with Crippen molar-refractivity contribution in [1.29, 1.82) is 0 Å². The van der Waals surface area contributed by atoms with Crippen LogP contribution in [-0.2, 0) is 10.0 Å². The van der Waals surface area contributed by atoms with Gasteiger partial charge in [-0.2, -0.15) is 0 Å². The van der Waals surface area contributed by atoms with Crippen molar-refractivity contribution in [3.63, 3.8) is 0 Å². The molecule has 4 nitrogen and oxygen atoms in total. The van der Waals surface area contributed by atoms with Crippen LogP contribution in [-0.4, -0.2) is 26.2 Å². The number of sulfonamides is 1. The third-order valence-electron chi connectivity index (χ3n) is 2.47. The average Bonchev–Trinajstić information content (AvgIpc) is 2.29. The van der Waals surface area contributed by atoms with E-state index >= 15 is 0 Å². The number of aliphatic hydroxyl groups is 1. The smallest absolute Gasteiger partial charge is 0.241 e. The van der Waals surface area contributed by atoms with E-state index in [0.29, 0.717) is 16.5 Å². The van der Waals surface area contributed by atoms with Gasteiger partial charge in [-0.05, 0) is 31.0 Å². The fourth-order valence-corrected chi connectivity index (χ4v) is 3.49. The summed E-state index contributed by atoms with van der Waals surface area (Å²) in [5.74, 6) is 0. The lowest BCUT2D eigenvalue weighted by molar-refractivity contribution is 0.254. The van der Waals surface area contributed by atoms with Crippen molar-refractivity contribution in [3.8, 4) is 0 Å². The Balaban J connectivity index is 3.09. The van der Waals surface area contributed by atoms with Crippen LogP contribution in [0.3, 0.4) is 0 Å². The molecule has 2 N–H and O–H groups in total.